The fraction of sp³-hybridized carbons (Fsp3) is 0.189. The average Bonchev–Trinajstić information content (AvgIpc) is 3.46. The van der Waals surface area contributed by atoms with Gasteiger partial charge in [-0.1, -0.05) is 75.4 Å². The van der Waals surface area contributed by atoms with E-state index in [1.54, 1.807) is 31.3 Å². The number of carbonyl (C=O) groups is 2. The molecule has 0 saturated heterocycles. The lowest BCUT2D eigenvalue weighted by molar-refractivity contribution is 0.0937. The molecule has 4 aromatic carbocycles. The quantitative estimate of drug-likeness (QED) is 0.198. The van der Waals surface area contributed by atoms with Crippen LogP contribution in [0.1, 0.15) is 54.8 Å². The number of hydrogen-bond donors (Lipinski definition) is 2. The van der Waals surface area contributed by atoms with E-state index in [9.17, 15) is 14.0 Å². The fourth-order valence-electron chi connectivity index (χ4n) is 4.07. The van der Waals surface area contributed by atoms with Gasteiger partial charge in [0, 0.05) is 29.6 Å². The summed E-state index contributed by atoms with van der Waals surface area (Å²) in [7, 11) is 1.55. The van der Waals surface area contributed by atoms with Crippen molar-refractivity contribution >= 4 is 22.8 Å². The summed E-state index contributed by atoms with van der Waals surface area (Å²) in [6.45, 7) is 7.99. The molecule has 1 atom stereocenters. The van der Waals surface area contributed by atoms with Gasteiger partial charge in [0.15, 0.2) is 0 Å². The Balaban J connectivity index is 0.000000559. The SMILES string of the molecule is C#C.CC.CC[C@H](C)NC(=O)c1cccc(-c2ccc3oc(-c4ccc(F)cc4)c(C(=O)NC)c3c2)c1.c1ccccc1. The zero-order valence-electron chi connectivity index (χ0n) is 25.4. The predicted molar refractivity (Wildman–Crippen MR) is 175 cm³/mol. The molecule has 1 heterocycles. The minimum atomic E-state index is -0.365. The number of hydrogen-bond acceptors (Lipinski definition) is 3. The molecule has 1 aromatic heterocycles. The molecule has 0 aliphatic carbocycles. The Morgan fingerprint density at radius 2 is 1.35 bits per heavy atom. The number of halogens is 1. The molecule has 5 nitrogen and oxygen atoms in total. The second-order valence-corrected chi connectivity index (χ2v) is 9.12. The average molecular weight is 579 g/mol. The Bertz CT molecular complexity index is 1580. The van der Waals surface area contributed by atoms with E-state index in [2.05, 4.69) is 23.5 Å². The number of furan rings is 1. The molecule has 222 valence electrons. The van der Waals surface area contributed by atoms with Crippen LogP contribution in [-0.2, 0) is 0 Å². The Kier molecular flexibility index (Phi) is 14.0. The minimum absolute atomic E-state index is 0.0865. The van der Waals surface area contributed by atoms with Gasteiger partial charge in [0.2, 0.25) is 0 Å². The Morgan fingerprint density at radius 1 is 0.791 bits per heavy atom. The van der Waals surface area contributed by atoms with Gasteiger partial charge in [-0.3, -0.25) is 9.59 Å². The zero-order valence-corrected chi connectivity index (χ0v) is 25.4. The van der Waals surface area contributed by atoms with Gasteiger partial charge in [0.1, 0.15) is 17.2 Å². The third-order valence-electron chi connectivity index (χ3n) is 6.36. The summed E-state index contributed by atoms with van der Waals surface area (Å²) in [6, 6.07) is 30.8. The molecule has 5 rings (SSSR count). The van der Waals surface area contributed by atoms with Crippen LogP contribution in [0.15, 0.2) is 108 Å². The van der Waals surface area contributed by atoms with Gasteiger partial charge in [-0.25, -0.2) is 4.39 Å². The van der Waals surface area contributed by atoms with Crippen molar-refractivity contribution in [3.05, 3.63) is 120 Å². The van der Waals surface area contributed by atoms with Crippen molar-refractivity contribution < 1.29 is 18.4 Å². The van der Waals surface area contributed by atoms with Crippen LogP contribution in [0, 0.1) is 18.7 Å². The van der Waals surface area contributed by atoms with Crippen molar-refractivity contribution in [3.63, 3.8) is 0 Å². The molecule has 0 radical (unpaired) electrons. The standard InChI is InChI=1S/C27H25FN2O3.C6H6.C2H6.C2H2/c1-4-16(2)30-26(31)20-7-5-6-18(14-20)19-10-13-23-22(15-19)24(27(32)29-3)25(33-23)17-8-11-21(28)12-9-17;1-2-4-6-5-3-1;2*1-2/h5-16H,4H2,1-3H3,(H,29,32)(H,30,31);1-6H;1-2H3;1-2H/t16-;;;/m0.../s1. The second-order valence-electron chi connectivity index (χ2n) is 9.12. The number of terminal acetylenes is 1. The smallest absolute Gasteiger partial charge is 0.255 e. The highest BCUT2D eigenvalue weighted by Crippen LogP contribution is 2.36. The van der Waals surface area contributed by atoms with E-state index in [0.717, 1.165) is 17.5 Å². The summed E-state index contributed by atoms with van der Waals surface area (Å²) in [5.74, 6) is -0.411. The van der Waals surface area contributed by atoms with E-state index in [1.165, 1.54) is 12.1 Å². The lowest BCUT2D eigenvalue weighted by atomic mass is 9.99. The van der Waals surface area contributed by atoms with E-state index in [4.69, 9.17) is 4.42 Å². The summed E-state index contributed by atoms with van der Waals surface area (Å²) in [6.07, 6.45) is 8.85. The molecular formula is C37H39FN2O3. The molecule has 2 N–H and O–H groups in total. The topological polar surface area (TPSA) is 71.3 Å². The summed E-state index contributed by atoms with van der Waals surface area (Å²) < 4.78 is 19.4. The molecule has 0 unspecified atom stereocenters. The van der Waals surface area contributed by atoms with Crippen molar-refractivity contribution in [1.29, 1.82) is 0 Å². The van der Waals surface area contributed by atoms with Gasteiger partial charge < -0.3 is 15.1 Å². The van der Waals surface area contributed by atoms with Crippen LogP contribution in [0.3, 0.4) is 0 Å². The molecule has 5 aromatic rings. The summed E-state index contributed by atoms with van der Waals surface area (Å²) in [5, 5.41) is 6.28. The number of fused-ring (bicyclic) bond motifs is 1. The molecule has 0 aliphatic heterocycles. The zero-order chi connectivity index (χ0) is 31.8. The number of carbonyl (C=O) groups excluding carboxylic acids is 2. The van der Waals surface area contributed by atoms with Crippen LogP contribution in [-0.4, -0.2) is 24.9 Å². The Labute approximate surface area is 254 Å². The maximum absolute atomic E-state index is 13.4. The first kappa shape index (κ1) is 34.1. The van der Waals surface area contributed by atoms with Gasteiger partial charge in [-0.2, -0.15) is 0 Å². The molecule has 0 saturated carbocycles. The summed E-state index contributed by atoms with van der Waals surface area (Å²) >= 11 is 0. The van der Waals surface area contributed by atoms with Crippen molar-refractivity contribution in [2.75, 3.05) is 7.05 Å². The molecule has 0 spiro atoms. The molecule has 6 heteroatoms. The van der Waals surface area contributed by atoms with Crippen LogP contribution in [0.25, 0.3) is 33.4 Å². The lowest BCUT2D eigenvalue weighted by Crippen LogP contribution is -2.31. The first-order valence-electron chi connectivity index (χ1n) is 14.2. The molecule has 2 amide bonds. The third kappa shape index (κ3) is 9.17. The van der Waals surface area contributed by atoms with Gasteiger partial charge in [0.25, 0.3) is 11.8 Å². The van der Waals surface area contributed by atoms with Crippen LogP contribution in [0.2, 0.25) is 0 Å². The highest BCUT2D eigenvalue weighted by molar-refractivity contribution is 6.11. The molecule has 0 fully saturated rings. The largest absolute Gasteiger partial charge is 0.455 e. The Morgan fingerprint density at radius 3 is 1.91 bits per heavy atom. The van der Waals surface area contributed by atoms with E-state index >= 15 is 0 Å². The minimum Gasteiger partial charge on any atom is -0.455 e. The second kappa shape index (κ2) is 17.6. The van der Waals surface area contributed by atoms with E-state index in [-0.39, 0.29) is 23.7 Å². The van der Waals surface area contributed by atoms with Crippen molar-refractivity contribution in [2.24, 2.45) is 0 Å². The summed E-state index contributed by atoms with van der Waals surface area (Å²) in [5.41, 5.74) is 3.79. The third-order valence-corrected chi connectivity index (χ3v) is 6.36. The maximum Gasteiger partial charge on any atom is 0.255 e. The lowest BCUT2D eigenvalue weighted by Gasteiger charge is -2.12. The van der Waals surface area contributed by atoms with Crippen molar-refractivity contribution in [2.45, 2.75) is 40.2 Å². The van der Waals surface area contributed by atoms with Gasteiger partial charge >= 0.3 is 0 Å². The van der Waals surface area contributed by atoms with E-state index in [1.807, 2.05) is 94.4 Å². The van der Waals surface area contributed by atoms with Gasteiger partial charge in [-0.05, 0) is 73.0 Å². The van der Waals surface area contributed by atoms with Crippen molar-refractivity contribution in [1.82, 2.24) is 10.6 Å². The van der Waals surface area contributed by atoms with Gasteiger partial charge in [-0.15, -0.1) is 12.8 Å². The van der Waals surface area contributed by atoms with E-state index in [0.29, 0.717) is 33.4 Å². The number of benzene rings is 4. The fourth-order valence-corrected chi connectivity index (χ4v) is 4.07. The molecule has 43 heavy (non-hydrogen) atoms. The molecular weight excluding hydrogens is 539 g/mol. The maximum atomic E-state index is 13.4. The highest BCUT2D eigenvalue weighted by atomic mass is 19.1. The molecule has 0 bridgehead atoms. The number of amides is 2. The van der Waals surface area contributed by atoms with Crippen LogP contribution in [0.4, 0.5) is 4.39 Å². The first-order valence-corrected chi connectivity index (χ1v) is 14.2. The monoisotopic (exact) mass is 578 g/mol. The van der Waals surface area contributed by atoms with Crippen molar-refractivity contribution in [3.8, 4) is 35.3 Å². The Hall–Kier alpha value is -5.15. The van der Waals surface area contributed by atoms with Gasteiger partial charge in [0.05, 0.1) is 5.56 Å². The summed E-state index contributed by atoms with van der Waals surface area (Å²) in [4.78, 5) is 25.3. The van der Waals surface area contributed by atoms with Crippen LogP contribution >= 0.6 is 0 Å². The first-order chi connectivity index (χ1) is 20.9. The van der Waals surface area contributed by atoms with Crippen LogP contribution < -0.4 is 10.6 Å². The predicted octanol–water partition coefficient (Wildman–Crippen LogP) is 8.76. The number of nitrogens with one attached hydrogen (secondary N) is 2. The van der Waals surface area contributed by atoms with E-state index < -0.39 is 0 Å². The normalized spacial score (nSPS) is 10.4. The van der Waals surface area contributed by atoms with Crippen LogP contribution in [0.5, 0.6) is 0 Å². The molecule has 0 aliphatic rings. The highest BCUT2D eigenvalue weighted by Gasteiger charge is 2.22. The number of rotatable bonds is 6.